The van der Waals surface area contributed by atoms with Gasteiger partial charge < -0.3 is 10.2 Å². The SMILES string of the molecule is O=C(CSc1ccc(C(F)(F)F)cn1)NCC(=O)N1CCCC1. The largest absolute Gasteiger partial charge is 0.417 e. The van der Waals surface area contributed by atoms with Gasteiger partial charge in [0.25, 0.3) is 0 Å². The molecule has 2 heterocycles. The maximum Gasteiger partial charge on any atom is 0.417 e. The molecule has 5 nitrogen and oxygen atoms in total. The highest BCUT2D eigenvalue weighted by Gasteiger charge is 2.30. The maximum absolute atomic E-state index is 12.4. The molecule has 0 radical (unpaired) electrons. The number of carbonyl (C=O) groups excluding carboxylic acids is 2. The highest BCUT2D eigenvalue weighted by molar-refractivity contribution is 7.99. The number of nitrogens with one attached hydrogen (secondary N) is 1. The van der Waals surface area contributed by atoms with Crippen molar-refractivity contribution in [1.82, 2.24) is 15.2 Å². The van der Waals surface area contributed by atoms with Gasteiger partial charge in [-0.05, 0) is 25.0 Å². The van der Waals surface area contributed by atoms with Crippen LogP contribution in [0.25, 0.3) is 0 Å². The van der Waals surface area contributed by atoms with Gasteiger partial charge in [-0.3, -0.25) is 9.59 Å². The van der Waals surface area contributed by atoms with E-state index >= 15 is 0 Å². The molecule has 126 valence electrons. The minimum Gasteiger partial charge on any atom is -0.346 e. The van der Waals surface area contributed by atoms with Crippen LogP contribution in [0.5, 0.6) is 0 Å². The van der Waals surface area contributed by atoms with Crippen LogP contribution >= 0.6 is 11.8 Å². The van der Waals surface area contributed by atoms with Crippen LogP contribution in [0, 0.1) is 0 Å². The van der Waals surface area contributed by atoms with Crippen molar-refractivity contribution in [3.05, 3.63) is 23.9 Å². The van der Waals surface area contributed by atoms with Gasteiger partial charge in [0.2, 0.25) is 11.8 Å². The van der Waals surface area contributed by atoms with Gasteiger partial charge in [-0.1, -0.05) is 11.8 Å². The van der Waals surface area contributed by atoms with Gasteiger partial charge in [-0.15, -0.1) is 0 Å². The van der Waals surface area contributed by atoms with Crippen LogP contribution in [-0.2, 0) is 15.8 Å². The number of alkyl halides is 3. The van der Waals surface area contributed by atoms with E-state index < -0.39 is 11.7 Å². The van der Waals surface area contributed by atoms with Crippen LogP contribution in [0.4, 0.5) is 13.2 Å². The van der Waals surface area contributed by atoms with Crippen molar-refractivity contribution in [2.24, 2.45) is 0 Å². The molecule has 0 unspecified atom stereocenters. The molecule has 2 amide bonds. The topological polar surface area (TPSA) is 62.3 Å². The van der Waals surface area contributed by atoms with E-state index in [1.807, 2.05) is 0 Å². The number of aromatic nitrogens is 1. The molecule has 0 aliphatic carbocycles. The Bertz CT molecular complexity index is 557. The van der Waals surface area contributed by atoms with E-state index in [4.69, 9.17) is 0 Å². The lowest BCUT2D eigenvalue weighted by Gasteiger charge is -2.15. The molecule has 1 aromatic heterocycles. The molecule has 0 bridgehead atoms. The Morgan fingerprint density at radius 1 is 1.26 bits per heavy atom. The number of halogens is 3. The fourth-order valence-corrected chi connectivity index (χ4v) is 2.75. The Morgan fingerprint density at radius 3 is 2.52 bits per heavy atom. The summed E-state index contributed by atoms with van der Waals surface area (Å²) in [5.74, 6) is -0.483. The number of pyridine rings is 1. The van der Waals surface area contributed by atoms with Gasteiger partial charge in [-0.2, -0.15) is 13.2 Å². The lowest BCUT2D eigenvalue weighted by atomic mass is 10.3. The van der Waals surface area contributed by atoms with E-state index in [1.54, 1.807) is 4.90 Å². The zero-order valence-electron chi connectivity index (χ0n) is 12.2. The average Bonchev–Trinajstić information content (AvgIpc) is 3.04. The Morgan fingerprint density at radius 2 is 1.96 bits per heavy atom. The standard InChI is InChI=1S/C14H16F3N3O2S/c15-14(16,17)10-3-4-12(19-7-10)23-9-11(21)18-8-13(22)20-5-1-2-6-20/h3-4,7H,1-2,5-6,8-9H2,(H,18,21). The molecule has 9 heteroatoms. The number of thioether (sulfide) groups is 1. The molecule has 0 atom stereocenters. The molecule has 1 aliphatic heterocycles. The van der Waals surface area contributed by atoms with Crippen molar-refractivity contribution in [2.45, 2.75) is 24.0 Å². The molecule has 0 saturated carbocycles. The van der Waals surface area contributed by atoms with Crippen molar-refractivity contribution in [1.29, 1.82) is 0 Å². The molecule has 1 saturated heterocycles. The Kier molecular flexibility index (Phi) is 5.86. The first-order valence-electron chi connectivity index (χ1n) is 7.07. The fourth-order valence-electron chi connectivity index (χ4n) is 2.08. The van der Waals surface area contributed by atoms with E-state index in [1.165, 1.54) is 6.07 Å². The molecule has 0 spiro atoms. The second-order valence-electron chi connectivity index (χ2n) is 5.04. The zero-order valence-corrected chi connectivity index (χ0v) is 13.0. The monoisotopic (exact) mass is 347 g/mol. The summed E-state index contributed by atoms with van der Waals surface area (Å²) in [7, 11) is 0. The molecule has 1 N–H and O–H groups in total. The number of amides is 2. The third kappa shape index (κ3) is 5.42. The van der Waals surface area contributed by atoms with E-state index in [0.29, 0.717) is 5.03 Å². The first-order chi connectivity index (χ1) is 10.9. The van der Waals surface area contributed by atoms with Crippen molar-refractivity contribution >= 4 is 23.6 Å². The van der Waals surface area contributed by atoms with Crippen molar-refractivity contribution in [2.75, 3.05) is 25.4 Å². The van der Waals surface area contributed by atoms with E-state index in [-0.39, 0.29) is 24.1 Å². The van der Waals surface area contributed by atoms with E-state index in [9.17, 15) is 22.8 Å². The number of nitrogens with zero attached hydrogens (tertiary/aromatic N) is 2. The van der Waals surface area contributed by atoms with Gasteiger partial charge in [0.1, 0.15) is 0 Å². The summed E-state index contributed by atoms with van der Waals surface area (Å²) in [6.07, 6.45) is -1.73. The minimum absolute atomic E-state index is 0.00829. The number of hydrogen-bond acceptors (Lipinski definition) is 4. The van der Waals surface area contributed by atoms with Crippen LogP contribution in [0.2, 0.25) is 0 Å². The highest BCUT2D eigenvalue weighted by Crippen LogP contribution is 2.29. The average molecular weight is 347 g/mol. The van der Waals surface area contributed by atoms with Gasteiger partial charge in [-0.25, -0.2) is 4.98 Å². The first-order valence-corrected chi connectivity index (χ1v) is 8.05. The van der Waals surface area contributed by atoms with Crippen molar-refractivity contribution < 1.29 is 22.8 Å². The van der Waals surface area contributed by atoms with Gasteiger partial charge in [0.15, 0.2) is 0 Å². The number of carbonyl (C=O) groups is 2. The zero-order chi connectivity index (χ0) is 16.9. The van der Waals surface area contributed by atoms with Crippen LogP contribution in [0.3, 0.4) is 0 Å². The summed E-state index contributed by atoms with van der Waals surface area (Å²) >= 11 is 1.02. The molecular weight excluding hydrogens is 331 g/mol. The van der Waals surface area contributed by atoms with Crippen LogP contribution in [0.1, 0.15) is 18.4 Å². The molecule has 0 aromatic carbocycles. The number of rotatable bonds is 5. The molecule has 1 fully saturated rings. The minimum atomic E-state index is -4.43. The second-order valence-corrected chi connectivity index (χ2v) is 6.03. The molecule has 1 aromatic rings. The van der Waals surface area contributed by atoms with Gasteiger partial charge in [0, 0.05) is 19.3 Å². The molecule has 1 aliphatic rings. The second kappa shape index (κ2) is 7.67. The van der Waals surface area contributed by atoms with Crippen LogP contribution in [0.15, 0.2) is 23.4 Å². The Balaban J connectivity index is 1.72. The molecule has 2 rings (SSSR count). The summed E-state index contributed by atoms with van der Waals surface area (Å²) in [4.78, 5) is 28.8. The lowest BCUT2D eigenvalue weighted by Crippen LogP contribution is -2.39. The van der Waals surface area contributed by atoms with E-state index in [2.05, 4.69) is 10.3 Å². The summed E-state index contributed by atoms with van der Waals surface area (Å²) in [5.41, 5.74) is -0.831. The van der Waals surface area contributed by atoms with Gasteiger partial charge in [0.05, 0.1) is 22.9 Å². The normalized spacial score (nSPS) is 14.8. The smallest absolute Gasteiger partial charge is 0.346 e. The maximum atomic E-state index is 12.4. The molecular formula is C14H16F3N3O2S. The third-order valence-electron chi connectivity index (χ3n) is 3.31. The third-order valence-corrected chi connectivity index (χ3v) is 4.25. The van der Waals surface area contributed by atoms with E-state index in [0.717, 1.165) is 50.0 Å². The van der Waals surface area contributed by atoms with Crippen molar-refractivity contribution in [3.63, 3.8) is 0 Å². The predicted octanol–water partition coefficient (Wildman–Crippen LogP) is 1.93. The predicted molar refractivity (Wildman–Crippen MR) is 78.8 cm³/mol. The Labute approximate surface area is 135 Å². The van der Waals surface area contributed by atoms with Crippen LogP contribution < -0.4 is 5.32 Å². The van der Waals surface area contributed by atoms with Gasteiger partial charge >= 0.3 is 6.18 Å². The lowest BCUT2D eigenvalue weighted by molar-refractivity contribution is -0.138. The van der Waals surface area contributed by atoms with Crippen molar-refractivity contribution in [3.8, 4) is 0 Å². The Hall–Kier alpha value is -1.77. The number of likely N-dealkylation sites (tertiary alicyclic amines) is 1. The fraction of sp³-hybridized carbons (Fsp3) is 0.500. The summed E-state index contributed by atoms with van der Waals surface area (Å²) < 4.78 is 37.2. The first kappa shape index (κ1) is 17.6. The van der Waals surface area contributed by atoms with Crippen LogP contribution in [-0.4, -0.2) is 47.1 Å². The number of hydrogen-bond donors (Lipinski definition) is 1. The quantitative estimate of drug-likeness (QED) is 0.827. The summed E-state index contributed by atoms with van der Waals surface area (Å²) in [5, 5.41) is 2.82. The molecule has 23 heavy (non-hydrogen) atoms. The highest BCUT2D eigenvalue weighted by atomic mass is 32.2. The summed E-state index contributed by atoms with van der Waals surface area (Å²) in [6, 6.07) is 2.14. The summed E-state index contributed by atoms with van der Waals surface area (Å²) in [6.45, 7) is 1.39.